The standard InChI is InChI=1S/C10H18O4.C8H14O6/c11-9(12)7-5-3-1-2-4-6-8-10(13)14;9-3-8(4-10,5-11)6-14-2-1-7(12)13/h1-8H2,(H,11,12)(H,13,14);1-2,9-11H,3-6H2,(H,12,13). The molecule has 0 aliphatic rings. The average Bonchev–Trinajstić information content (AvgIpc) is 2.64. The summed E-state index contributed by atoms with van der Waals surface area (Å²) in [5, 5.41) is 51.4. The van der Waals surface area contributed by atoms with Crippen molar-refractivity contribution in [3.05, 3.63) is 12.3 Å². The monoisotopic (exact) mass is 408 g/mol. The second kappa shape index (κ2) is 18.2. The second-order valence-electron chi connectivity index (χ2n) is 6.34. The maximum Gasteiger partial charge on any atom is 0.331 e. The van der Waals surface area contributed by atoms with Crippen LogP contribution in [0.4, 0.5) is 0 Å². The van der Waals surface area contributed by atoms with Crippen molar-refractivity contribution in [3.8, 4) is 0 Å². The fourth-order valence-electron chi connectivity index (χ4n) is 1.88. The van der Waals surface area contributed by atoms with E-state index in [1.54, 1.807) is 0 Å². The first-order valence-corrected chi connectivity index (χ1v) is 9.00. The van der Waals surface area contributed by atoms with Crippen molar-refractivity contribution >= 4 is 17.9 Å². The van der Waals surface area contributed by atoms with Gasteiger partial charge in [-0.15, -0.1) is 0 Å². The van der Waals surface area contributed by atoms with Crippen molar-refractivity contribution < 1.29 is 49.8 Å². The lowest BCUT2D eigenvalue weighted by atomic mass is 9.93. The van der Waals surface area contributed by atoms with E-state index in [-0.39, 0.29) is 19.4 Å². The van der Waals surface area contributed by atoms with Crippen molar-refractivity contribution in [1.82, 2.24) is 0 Å². The number of carboxylic acid groups (broad SMARTS) is 3. The third kappa shape index (κ3) is 18.6. The summed E-state index contributed by atoms with van der Waals surface area (Å²) >= 11 is 0. The Bertz CT molecular complexity index is 429. The number of ether oxygens (including phenoxy) is 1. The molecule has 28 heavy (non-hydrogen) atoms. The van der Waals surface area contributed by atoms with Gasteiger partial charge in [0.1, 0.15) is 0 Å². The van der Waals surface area contributed by atoms with Crippen LogP contribution in [0.1, 0.15) is 51.4 Å². The number of carboxylic acids is 3. The van der Waals surface area contributed by atoms with Crippen LogP contribution in [0.5, 0.6) is 0 Å². The molecule has 0 heterocycles. The number of aliphatic hydroxyl groups is 3. The highest BCUT2D eigenvalue weighted by Crippen LogP contribution is 2.14. The largest absolute Gasteiger partial charge is 0.500 e. The van der Waals surface area contributed by atoms with Crippen LogP contribution in [0.15, 0.2) is 12.3 Å². The smallest absolute Gasteiger partial charge is 0.331 e. The Kier molecular flexibility index (Phi) is 18.2. The molecule has 0 fully saturated rings. The molecule has 0 bridgehead atoms. The summed E-state index contributed by atoms with van der Waals surface area (Å²) in [5.41, 5.74) is -1.14. The number of hydrogen-bond donors (Lipinski definition) is 6. The fourth-order valence-corrected chi connectivity index (χ4v) is 1.88. The summed E-state index contributed by atoms with van der Waals surface area (Å²) in [7, 11) is 0. The summed E-state index contributed by atoms with van der Waals surface area (Å²) in [6.45, 7) is -1.48. The van der Waals surface area contributed by atoms with E-state index in [1.165, 1.54) is 0 Å². The lowest BCUT2D eigenvalue weighted by molar-refractivity contribution is -0.138. The van der Waals surface area contributed by atoms with E-state index in [0.29, 0.717) is 0 Å². The third-order valence-corrected chi connectivity index (χ3v) is 3.73. The lowest BCUT2D eigenvalue weighted by Crippen LogP contribution is -2.38. The van der Waals surface area contributed by atoms with E-state index in [4.69, 9.17) is 35.4 Å². The molecular formula is C18H32O10. The quantitative estimate of drug-likeness (QED) is 0.122. The topological polar surface area (TPSA) is 182 Å². The van der Waals surface area contributed by atoms with Crippen LogP contribution in [0.3, 0.4) is 0 Å². The van der Waals surface area contributed by atoms with Crippen molar-refractivity contribution in [2.45, 2.75) is 51.4 Å². The number of unbranched alkanes of at least 4 members (excludes halogenated alkanes) is 5. The zero-order valence-corrected chi connectivity index (χ0v) is 16.0. The molecule has 0 amide bonds. The first-order chi connectivity index (χ1) is 13.2. The molecule has 0 rings (SSSR count). The van der Waals surface area contributed by atoms with Crippen LogP contribution in [-0.4, -0.2) is 75.0 Å². The number of carbonyl (C=O) groups is 3. The molecule has 164 valence electrons. The molecule has 0 unspecified atom stereocenters. The number of aliphatic hydroxyl groups excluding tert-OH is 3. The minimum atomic E-state index is -1.16. The summed E-state index contributed by atoms with van der Waals surface area (Å²) in [6.07, 6.45) is 7.53. The first-order valence-electron chi connectivity index (χ1n) is 9.00. The van der Waals surface area contributed by atoms with Crippen LogP contribution < -0.4 is 0 Å². The Balaban J connectivity index is 0. The maximum atomic E-state index is 10.1. The zero-order chi connectivity index (χ0) is 21.8. The Morgan fingerprint density at radius 2 is 1.11 bits per heavy atom. The molecule has 0 aliphatic heterocycles. The van der Waals surface area contributed by atoms with Gasteiger partial charge in [0.25, 0.3) is 0 Å². The molecule has 0 aromatic rings. The van der Waals surface area contributed by atoms with Gasteiger partial charge in [0.05, 0.1) is 44.2 Å². The van der Waals surface area contributed by atoms with Gasteiger partial charge in [-0.3, -0.25) is 9.59 Å². The molecule has 0 saturated carbocycles. The Morgan fingerprint density at radius 3 is 1.43 bits per heavy atom. The highest BCUT2D eigenvalue weighted by molar-refractivity contribution is 5.79. The van der Waals surface area contributed by atoms with Gasteiger partial charge in [0.15, 0.2) is 0 Å². The molecular weight excluding hydrogens is 376 g/mol. The molecule has 0 radical (unpaired) electrons. The van der Waals surface area contributed by atoms with E-state index < -0.39 is 43.1 Å². The number of hydrogen-bond acceptors (Lipinski definition) is 7. The highest BCUT2D eigenvalue weighted by atomic mass is 16.5. The molecule has 0 saturated heterocycles. The van der Waals surface area contributed by atoms with E-state index in [9.17, 15) is 14.4 Å². The predicted octanol–water partition coefficient (Wildman–Crippen LogP) is 0.841. The zero-order valence-electron chi connectivity index (χ0n) is 16.0. The molecule has 6 N–H and O–H groups in total. The van der Waals surface area contributed by atoms with Gasteiger partial charge in [-0.1, -0.05) is 25.7 Å². The first kappa shape index (κ1) is 28.0. The molecule has 10 nitrogen and oxygen atoms in total. The molecule has 0 aromatic heterocycles. The average molecular weight is 408 g/mol. The second-order valence-corrected chi connectivity index (χ2v) is 6.34. The van der Waals surface area contributed by atoms with Crippen molar-refractivity contribution in [1.29, 1.82) is 0 Å². The van der Waals surface area contributed by atoms with Crippen molar-refractivity contribution in [2.75, 3.05) is 26.4 Å². The predicted molar refractivity (Wildman–Crippen MR) is 98.6 cm³/mol. The van der Waals surface area contributed by atoms with Gasteiger partial charge in [-0.2, -0.15) is 0 Å². The fraction of sp³-hybridized carbons (Fsp3) is 0.722. The molecule has 0 spiro atoms. The third-order valence-electron chi connectivity index (χ3n) is 3.73. The van der Waals surface area contributed by atoms with E-state index in [1.807, 2.05) is 0 Å². The van der Waals surface area contributed by atoms with Crippen molar-refractivity contribution in [2.24, 2.45) is 5.41 Å². The van der Waals surface area contributed by atoms with Crippen LogP contribution in [0.2, 0.25) is 0 Å². The van der Waals surface area contributed by atoms with E-state index >= 15 is 0 Å². The molecule has 0 aliphatic carbocycles. The number of rotatable bonds is 16. The maximum absolute atomic E-state index is 10.1. The minimum Gasteiger partial charge on any atom is -0.500 e. The van der Waals surface area contributed by atoms with Crippen LogP contribution >= 0.6 is 0 Å². The lowest BCUT2D eigenvalue weighted by Gasteiger charge is -2.25. The van der Waals surface area contributed by atoms with Gasteiger partial charge >= 0.3 is 17.9 Å². The van der Waals surface area contributed by atoms with Gasteiger partial charge in [0.2, 0.25) is 0 Å². The summed E-state index contributed by atoms with van der Waals surface area (Å²) in [4.78, 5) is 30.3. The van der Waals surface area contributed by atoms with Crippen LogP contribution in [0, 0.1) is 5.41 Å². The highest BCUT2D eigenvalue weighted by Gasteiger charge is 2.28. The normalized spacial score (nSPS) is 11.0. The Hall–Kier alpha value is -2.17. The van der Waals surface area contributed by atoms with E-state index in [0.717, 1.165) is 50.9 Å². The van der Waals surface area contributed by atoms with Crippen LogP contribution in [0.25, 0.3) is 0 Å². The molecule has 0 atom stereocenters. The summed E-state index contributed by atoms with van der Waals surface area (Å²) in [5.74, 6) is -2.64. The van der Waals surface area contributed by atoms with Gasteiger partial charge < -0.3 is 35.4 Å². The van der Waals surface area contributed by atoms with Gasteiger partial charge in [-0.05, 0) is 12.8 Å². The Labute approximate surface area is 164 Å². The summed E-state index contributed by atoms with van der Waals surface area (Å²) < 4.78 is 4.74. The van der Waals surface area contributed by atoms with Gasteiger partial charge in [0, 0.05) is 12.8 Å². The SMILES string of the molecule is O=C(O)C=COCC(CO)(CO)CO.O=C(O)CCCCCCCCC(=O)O. The Morgan fingerprint density at radius 1 is 0.714 bits per heavy atom. The van der Waals surface area contributed by atoms with Gasteiger partial charge in [-0.25, -0.2) is 4.79 Å². The molecule has 0 aromatic carbocycles. The van der Waals surface area contributed by atoms with Crippen molar-refractivity contribution in [3.63, 3.8) is 0 Å². The van der Waals surface area contributed by atoms with E-state index in [2.05, 4.69) is 0 Å². The summed E-state index contributed by atoms with van der Waals surface area (Å²) in [6, 6.07) is 0. The minimum absolute atomic E-state index is 0.153. The number of aliphatic carboxylic acids is 3. The molecule has 10 heteroatoms. The van der Waals surface area contributed by atoms with Crippen LogP contribution in [-0.2, 0) is 19.1 Å².